The number of carbonyl (C=O) groups is 1. The first-order chi connectivity index (χ1) is 13.6. The van der Waals surface area contributed by atoms with E-state index in [1.54, 1.807) is 26.0 Å². The van der Waals surface area contributed by atoms with Gasteiger partial charge in [-0.1, -0.05) is 25.1 Å². The molecule has 0 saturated carbocycles. The Morgan fingerprint density at radius 2 is 1.97 bits per heavy atom. The van der Waals surface area contributed by atoms with E-state index in [0.717, 1.165) is 17.2 Å². The van der Waals surface area contributed by atoms with Gasteiger partial charge in [0.2, 0.25) is 5.82 Å². The Morgan fingerprint density at radius 1 is 1.31 bits per heavy atom. The molecule has 156 valence electrons. The number of halogens is 1. The van der Waals surface area contributed by atoms with Crippen molar-refractivity contribution < 1.29 is 22.3 Å². The second-order valence-electron chi connectivity index (χ2n) is 6.63. The monoisotopic (exact) mass is 421 g/mol. The van der Waals surface area contributed by atoms with Crippen LogP contribution in [0.5, 0.6) is 5.75 Å². The van der Waals surface area contributed by atoms with Crippen molar-refractivity contribution in [1.29, 1.82) is 0 Å². The number of carbonyl (C=O) groups excluding carboxylic acids is 1. The largest absolute Gasteiger partial charge is 0.482 e. The highest BCUT2D eigenvalue weighted by molar-refractivity contribution is 7.93. The first-order valence-electron chi connectivity index (χ1n) is 9.03. The molecule has 1 heterocycles. The van der Waals surface area contributed by atoms with Crippen molar-refractivity contribution in [1.82, 2.24) is 15.3 Å². The smallest absolute Gasteiger partial charge is 0.289 e. The number of nitrogens with one attached hydrogen (secondary N) is 1. The summed E-state index contributed by atoms with van der Waals surface area (Å²) in [6.45, 7) is 5.24. The maximum atomic E-state index is 13.8. The zero-order valence-electron chi connectivity index (χ0n) is 16.7. The number of hydrogen-bond acceptors (Lipinski definition) is 6. The summed E-state index contributed by atoms with van der Waals surface area (Å²) >= 11 is 0. The second-order valence-corrected chi connectivity index (χ2v) is 8.56. The molecule has 29 heavy (non-hydrogen) atoms. The molecule has 0 saturated heterocycles. The van der Waals surface area contributed by atoms with Crippen LogP contribution in [0, 0.1) is 12.7 Å². The molecule has 1 N–H and O–H groups in total. The van der Waals surface area contributed by atoms with Gasteiger partial charge in [0.15, 0.2) is 15.6 Å². The van der Waals surface area contributed by atoms with Crippen LogP contribution in [0.25, 0.3) is 0 Å². The van der Waals surface area contributed by atoms with Crippen molar-refractivity contribution in [3.63, 3.8) is 0 Å². The number of amides is 1. The van der Waals surface area contributed by atoms with E-state index >= 15 is 0 Å². The molecule has 7 nitrogen and oxygen atoms in total. The number of rotatable bonds is 8. The molecule has 0 aliphatic rings. The molecule has 9 heteroatoms. The third-order valence-electron chi connectivity index (χ3n) is 4.11. The number of ether oxygens (including phenoxy) is 1. The van der Waals surface area contributed by atoms with Crippen LogP contribution >= 0.6 is 0 Å². The Hall–Kier alpha value is -2.81. The first-order valence-corrected chi connectivity index (χ1v) is 11.0. The van der Waals surface area contributed by atoms with Crippen molar-refractivity contribution in [2.45, 2.75) is 39.3 Å². The number of hydrogen-bond donors (Lipinski definition) is 1. The highest BCUT2D eigenvalue weighted by atomic mass is 32.2. The zero-order valence-corrected chi connectivity index (χ0v) is 17.5. The lowest BCUT2D eigenvalue weighted by atomic mass is 10.0. The van der Waals surface area contributed by atoms with Crippen LogP contribution in [0.2, 0.25) is 0 Å². The van der Waals surface area contributed by atoms with Crippen molar-refractivity contribution in [3.05, 3.63) is 64.8 Å². The van der Waals surface area contributed by atoms with Gasteiger partial charge in [0.05, 0.1) is 12.4 Å². The summed E-state index contributed by atoms with van der Waals surface area (Å²) in [4.78, 5) is 20.2. The van der Waals surface area contributed by atoms with Gasteiger partial charge in [-0.05, 0) is 37.5 Å². The molecule has 1 aromatic heterocycles. The quantitative estimate of drug-likeness (QED) is 0.703. The van der Waals surface area contributed by atoms with Crippen LogP contribution in [0.3, 0.4) is 0 Å². The number of benzene rings is 1. The molecule has 0 aliphatic carbocycles. The van der Waals surface area contributed by atoms with E-state index in [0.29, 0.717) is 17.7 Å². The van der Waals surface area contributed by atoms with Crippen molar-refractivity contribution in [3.8, 4) is 5.75 Å². The Balaban J connectivity index is 2.06. The van der Waals surface area contributed by atoms with Gasteiger partial charge in [0, 0.05) is 17.7 Å². The highest BCUT2D eigenvalue weighted by Crippen LogP contribution is 2.27. The van der Waals surface area contributed by atoms with Gasteiger partial charge in [0.1, 0.15) is 11.9 Å². The number of aromatic nitrogens is 2. The Morgan fingerprint density at radius 3 is 2.55 bits per heavy atom. The molecule has 1 aromatic carbocycles. The number of sulfone groups is 1. The fourth-order valence-electron chi connectivity index (χ4n) is 2.58. The molecule has 2 atom stereocenters. The van der Waals surface area contributed by atoms with Gasteiger partial charge in [0.25, 0.3) is 5.91 Å². The van der Waals surface area contributed by atoms with Crippen LogP contribution in [-0.2, 0) is 9.84 Å². The summed E-state index contributed by atoms with van der Waals surface area (Å²) in [6.07, 6.45) is 5.39. The van der Waals surface area contributed by atoms with Crippen LogP contribution in [0.1, 0.15) is 48.1 Å². The van der Waals surface area contributed by atoms with E-state index in [-0.39, 0.29) is 17.7 Å². The maximum Gasteiger partial charge on any atom is 0.289 e. The van der Waals surface area contributed by atoms with E-state index in [1.807, 2.05) is 6.92 Å². The first kappa shape index (κ1) is 22.5. The van der Waals surface area contributed by atoms with Crippen molar-refractivity contribution >= 4 is 15.7 Å². The average molecular weight is 421 g/mol. The van der Waals surface area contributed by atoms with Gasteiger partial charge < -0.3 is 10.1 Å². The molecule has 0 unspecified atom stereocenters. The third-order valence-corrected chi connectivity index (χ3v) is 4.76. The van der Waals surface area contributed by atoms with Crippen LogP contribution < -0.4 is 10.1 Å². The summed E-state index contributed by atoms with van der Waals surface area (Å²) in [5, 5.41) is 3.60. The summed E-state index contributed by atoms with van der Waals surface area (Å²) < 4.78 is 41.9. The molecule has 1 amide bonds. The topological polar surface area (TPSA) is 98.2 Å². The van der Waals surface area contributed by atoms with E-state index in [2.05, 4.69) is 15.3 Å². The minimum atomic E-state index is -3.27. The van der Waals surface area contributed by atoms with Crippen LogP contribution in [-0.4, -0.2) is 36.6 Å². The molecular weight excluding hydrogens is 397 g/mol. The normalized spacial score (nSPS) is 13.8. The number of nitrogens with zero attached hydrogens (tertiary/aromatic N) is 2. The van der Waals surface area contributed by atoms with E-state index < -0.39 is 21.8 Å². The van der Waals surface area contributed by atoms with Crippen LogP contribution in [0.4, 0.5) is 4.39 Å². The SMILES string of the molecule is CC[C@H](Oc1cnc(C(=O)N[C@H](C)/C=C/S(C)(=O)=O)nc1)c1cccc(F)c1C. The predicted molar refractivity (Wildman–Crippen MR) is 108 cm³/mol. The van der Waals surface area contributed by atoms with E-state index in [1.165, 1.54) is 24.5 Å². The van der Waals surface area contributed by atoms with Gasteiger partial charge >= 0.3 is 0 Å². The minimum absolute atomic E-state index is 0.0769. The summed E-state index contributed by atoms with van der Waals surface area (Å²) in [6, 6.07) is 4.32. The predicted octanol–water partition coefficient (Wildman–Crippen LogP) is 3.13. The molecule has 0 fully saturated rings. The summed E-state index contributed by atoms with van der Waals surface area (Å²) in [5.74, 6) is -0.573. The van der Waals surface area contributed by atoms with Gasteiger partial charge in [-0.25, -0.2) is 22.8 Å². The van der Waals surface area contributed by atoms with E-state index in [4.69, 9.17) is 4.74 Å². The lowest BCUT2D eigenvalue weighted by molar-refractivity contribution is 0.0936. The molecule has 2 aromatic rings. The second kappa shape index (κ2) is 9.60. The Kier molecular flexibility index (Phi) is 7.44. The fourth-order valence-corrected chi connectivity index (χ4v) is 3.10. The standard InChI is InChI=1S/C20H24FN3O4S/c1-5-18(16-7-6-8-17(21)14(16)3)28-15-11-22-19(23-12-15)20(25)24-13(2)9-10-29(4,26)27/h6-13,18H,5H2,1-4H3,(H,24,25)/b10-9+/t13-,18+/m1/s1. The Bertz CT molecular complexity index is 991. The minimum Gasteiger partial charge on any atom is -0.482 e. The van der Waals surface area contributed by atoms with Gasteiger partial charge in [-0.2, -0.15) is 0 Å². The summed E-state index contributed by atoms with van der Waals surface area (Å²) in [5.41, 5.74) is 1.26. The molecule has 0 aliphatic heterocycles. The van der Waals surface area contributed by atoms with Crippen molar-refractivity contribution in [2.24, 2.45) is 0 Å². The third kappa shape index (κ3) is 6.63. The molecular formula is C20H24FN3O4S. The molecule has 2 rings (SSSR count). The van der Waals surface area contributed by atoms with E-state index in [9.17, 15) is 17.6 Å². The van der Waals surface area contributed by atoms with Crippen molar-refractivity contribution in [2.75, 3.05) is 6.26 Å². The highest BCUT2D eigenvalue weighted by Gasteiger charge is 2.17. The lowest BCUT2D eigenvalue weighted by Crippen LogP contribution is -2.32. The van der Waals surface area contributed by atoms with Gasteiger partial charge in [-0.15, -0.1) is 0 Å². The average Bonchev–Trinajstić information content (AvgIpc) is 2.67. The molecule has 0 bridgehead atoms. The van der Waals surface area contributed by atoms with Gasteiger partial charge in [-0.3, -0.25) is 4.79 Å². The lowest BCUT2D eigenvalue weighted by Gasteiger charge is -2.19. The molecule has 0 spiro atoms. The van der Waals surface area contributed by atoms with Crippen LogP contribution in [0.15, 0.2) is 42.1 Å². The Labute approximate surface area is 170 Å². The fraction of sp³-hybridized carbons (Fsp3) is 0.350. The maximum absolute atomic E-state index is 13.8. The molecule has 0 radical (unpaired) electrons. The summed E-state index contributed by atoms with van der Waals surface area (Å²) in [7, 11) is -3.27. The zero-order chi connectivity index (χ0) is 21.6.